The van der Waals surface area contributed by atoms with Crippen molar-refractivity contribution in [1.82, 2.24) is 5.32 Å². The molecule has 0 bridgehead atoms. The predicted octanol–water partition coefficient (Wildman–Crippen LogP) is 2.52. The van der Waals surface area contributed by atoms with E-state index in [4.69, 9.17) is 5.73 Å². The molecule has 3 N–H and O–H groups in total. The van der Waals surface area contributed by atoms with Crippen molar-refractivity contribution in [3.63, 3.8) is 0 Å². The van der Waals surface area contributed by atoms with Crippen molar-refractivity contribution in [1.29, 1.82) is 0 Å². The van der Waals surface area contributed by atoms with Crippen LogP contribution in [0.1, 0.15) is 48.3 Å². The van der Waals surface area contributed by atoms with Crippen LogP contribution in [0.4, 0.5) is 0 Å². The zero-order valence-electron chi connectivity index (χ0n) is 10.5. The number of carbonyl (C=O) groups excluding carboxylic acids is 1. The Bertz CT molecular complexity index is 411. The minimum Gasteiger partial charge on any atom is -0.366 e. The standard InChI is InChI=1S/C13H20N2OS/c1-13(2)4-3-10(6-13)15-7-11-5-9(8-17-11)12(14)16/h5,8,10,15H,3-4,6-7H2,1-2H3,(H2,14,16). The summed E-state index contributed by atoms with van der Waals surface area (Å²) in [6.07, 6.45) is 3.78. The SMILES string of the molecule is CC1(C)CCC(NCc2cc(C(N)=O)cs2)C1. The molecule has 17 heavy (non-hydrogen) atoms. The van der Waals surface area contributed by atoms with Crippen molar-refractivity contribution in [2.75, 3.05) is 0 Å². The second-order valence-corrected chi connectivity index (χ2v) is 6.65. The molecule has 1 aromatic rings. The zero-order chi connectivity index (χ0) is 12.5. The molecule has 0 saturated heterocycles. The van der Waals surface area contributed by atoms with Crippen LogP contribution in [-0.4, -0.2) is 11.9 Å². The number of thiophene rings is 1. The summed E-state index contributed by atoms with van der Waals surface area (Å²) in [5, 5.41) is 5.40. The molecule has 0 aliphatic heterocycles. The van der Waals surface area contributed by atoms with Crippen molar-refractivity contribution in [2.24, 2.45) is 11.1 Å². The molecule has 1 amide bonds. The van der Waals surface area contributed by atoms with Crippen molar-refractivity contribution < 1.29 is 4.79 Å². The largest absolute Gasteiger partial charge is 0.366 e. The maximum absolute atomic E-state index is 11.0. The fraction of sp³-hybridized carbons (Fsp3) is 0.615. The van der Waals surface area contributed by atoms with Gasteiger partial charge in [0, 0.05) is 22.8 Å². The fourth-order valence-electron chi connectivity index (χ4n) is 2.46. The first kappa shape index (κ1) is 12.6. The molecule has 3 nitrogen and oxygen atoms in total. The Kier molecular flexibility index (Phi) is 3.54. The van der Waals surface area contributed by atoms with Crippen molar-refractivity contribution >= 4 is 17.2 Å². The molecule has 0 radical (unpaired) electrons. The van der Waals surface area contributed by atoms with Crippen LogP contribution < -0.4 is 11.1 Å². The normalized spacial score (nSPS) is 22.8. The van der Waals surface area contributed by atoms with Gasteiger partial charge in [0.2, 0.25) is 5.91 Å². The number of carbonyl (C=O) groups is 1. The third-order valence-corrected chi connectivity index (χ3v) is 4.41. The van der Waals surface area contributed by atoms with Gasteiger partial charge in [-0.15, -0.1) is 11.3 Å². The van der Waals surface area contributed by atoms with E-state index in [0.717, 1.165) is 6.54 Å². The van der Waals surface area contributed by atoms with Crippen molar-refractivity contribution in [3.8, 4) is 0 Å². The molecule has 0 aromatic carbocycles. The maximum atomic E-state index is 11.0. The lowest BCUT2D eigenvalue weighted by Crippen LogP contribution is -2.26. The Labute approximate surface area is 106 Å². The highest BCUT2D eigenvalue weighted by Crippen LogP contribution is 2.37. The van der Waals surface area contributed by atoms with Crippen LogP contribution in [0.2, 0.25) is 0 Å². The van der Waals surface area contributed by atoms with E-state index in [9.17, 15) is 4.79 Å². The summed E-state index contributed by atoms with van der Waals surface area (Å²) in [7, 11) is 0. The number of primary amides is 1. The van der Waals surface area contributed by atoms with Gasteiger partial charge in [-0.3, -0.25) is 4.79 Å². The van der Waals surface area contributed by atoms with E-state index in [1.165, 1.54) is 24.1 Å². The molecule has 1 atom stereocenters. The molecule has 2 rings (SSSR count). The molecule has 1 aromatic heterocycles. The zero-order valence-corrected chi connectivity index (χ0v) is 11.3. The second-order valence-electron chi connectivity index (χ2n) is 5.65. The number of hydrogen-bond acceptors (Lipinski definition) is 3. The summed E-state index contributed by atoms with van der Waals surface area (Å²) in [6, 6.07) is 2.50. The summed E-state index contributed by atoms with van der Waals surface area (Å²) in [5.74, 6) is -0.338. The van der Waals surface area contributed by atoms with Gasteiger partial charge in [-0.1, -0.05) is 13.8 Å². The lowest BCUT2D eigenvalue weighted by Gasteiger charge is -2.17. The maximum Gasteiger partial charge on any atom is 0.249 e. The molecule has 1 saturated carbocycles. The molecule has 1 aliphatic carbocycles. The first-order valence-corrected chi connectivity index (χ1v) is 6.95. The molecular weight excluding hydrogens is 232 g/mol. The topological polar surface area (TPSA) is 55.1 Å². The molecule has 0 spiro atoms. The van der Waals surface area contributed by atoms with Crippen LogP contribution in [0.15, 0.2) is 11.4 Å². The number of rotatable bonds is 4. The Balaban J connectivity index is 1.84. The molecule has 1 fully saturated rings. The highest BCUT2D eigenvalue weighted by atomic mass is 32.1. The average Bonchev–Trinajstić information content (AvgIpc) is 2.81. The Morgan fingerprint density at radius 1 is 1.65 bits per heavy atom. The van der Waals surface area contributed by atoms with Gasteiger partial charge < -0.3 is 11.1 Å². The van der Waals surface area contributed by atoms with Gasteiger partial charge in [0.05, 0.1) is 5.56 Å². The third kappa shape index (κ3) is 3.30. The molecule has 4 heteroatoms. The van der Waals surface area contributed by atoms with E-state index in [1.807, 2.05) is 11.4 Å². The van der Waals surface area contributed by atoms with Crippen molar-refractivity contribution in [3.05, 3.63) is 21.9 Å². The highest BCUT2D eigenvalue weighted by molar-refractivity contribution is 7.10. The van der Waals surface area contributed by atoms with Gasteiger partial charge in [0.25, 0.3) is 0 Å². The van der Waals surface area contributed by atoms with Gasteiger partial charge in [0.15, 0.2) is 0 Å². The van der Waals surface area contributed by atoms with E-state index in [2.05, 4.69) is 19.2 Å². The van der Waals surface area contributed by atoms with E-state index in [1.54, 1.807) is 11.3 Å². The van der Waals surface area contributed by atoms with Crippen LogP contribution >= 0.6 is 11.3 Å². The summed E-state index contributed by atoms with van der Waals surface area (Å²) >= 11 is 1.60. The summed E-state index contributed by atoms with van der Waals surface area (Å²) in [5.41, 5.74) is 6.33. The molecular formula is C13H20N2OS. The Morgan fingerprint density at radius 3 is 2.94 bits per heavy atom. The number of nitrogens with one attached hydrogen (secondary N) is 1. The lowest BCUT2D eigenvalue weighted by atomic mass is 9.92. The second kappa shape index (κ2) is 4.78. The van der Waals surface area contributed by atoms with Gasteiger partial charge >= 0.3 is 0 Å². The third-order valence-electron chi connectivity index (χ3n) is 3.47. The number of hydrogen-bond donors (Lipinski definition) is 2. The number of nitrogens with two attached hydrogens (primary N) is 1. The van der Waals surface area contributed by atoms with Gasteiger partial charge in [0.1, 0.15) is 0 Å². The van der Waals surface area contributed by atoms with E-state index in [-0.39, 0.29) is 5.91 Å². The van der Waals surface area contributed by atoms with Gasteiger partial charge in [-0.2, -0.15) is 0 Å². The predicted molar refractivity (Wildman–Crippen MR) is 71.1 cm³/mol. The Morgan fingerprint density at radius 2 is 2.41 bits per heavy atom. The van der Waals surface area contributed by atoms with Crippen LogP contribution in [0.3, 0.4) is 0 Å². The smallest absolute Gasteiger partial charge is 0.249 e. The molecule has 1 heterocycles. The average molecular weight is 252 g/mol. The first-order valence-electron chi connectivity index (χ1n) is 6.07. The number of amides is 1. The van der Waals surface area contributed by atoms with Crippen LogP contribution in [-0.2, 0) is 6.54 Å². The fourth-order valence-corrected chi connectivity index (χ4v) is 3.28. The van der Waals surface area contributed by atoms with E-state index < -0.39 is 0 Å². The molecule has 1 aliphatic rings. The minimum atomic E-state index is -0.338. The van der Waals surface area contributed by atoms with Crippen LogP contribution in [0, 0.1) is 5.41 Å². The summed E-state index contributed by atoms with van der Waals surface area (Å²) in [4.78, 5) is 12.2. The van der Waals surface area contributed by atoms with Gasteiger partial charge in [-0.25, -0.2) is 0 Å². The minimum absolute atomic E-state index is 0.338. The lowest BCUT2D eigenvalue weighted by molar-refractivity contribution is 0.100. The monoisotopic (exact) mass is 252 g/mol. The highest BCUT2D eigenvalue weighted by Gasteiger charge is 2.30. The molecule has 1 unspecified atom stereocenters. The quantitative estimate of drug-likeness (QED) is 0.865. The summed E-state index contributed by atoms with van der Waals surface area (Å²) < 4.78 is 0. The first-order chi connectivity index (χ1) is 7.96. The van der Waals surface area contributed by atoms with E-state index >= 15 is 0 Å². The van der Waals surface area contributed by atoms with Crippen LogP contribution in [0.25, 0.3) is 0 Å². The summed E-state index contributed by atoms with van der Waals surface area (Å²) in [6.45, 7) is 5.49. The molecule has 94 valence electrons. The van der Waals surface area contributed by atoms with Gasteiger partial charge in [-0.05, 0) is 30.7 Å². The Hall–Kier alpha value is -0.870. The van der Waals surface area contributed by atoms with Crippen molar-refractivity contribution in [2.45, 2.75) is 45.7 Å². The van der Waals surface area contributed by atoms with Crippen LogP contribution in [0.5, 0.6) is 0 Å². The van der Waals surface area contributed by atoms with E-state index in [0.29, 0.717) is 17.0 Å².